The van der Waals surface area contributed by atoms with Crippen LogP contribution in [0.2, 0.25) is 0 Å². The minimum absolute atomic E-state index is 0.0348. The predicted molar refractivity (Wildman–Crippen MR) is 111 cm³/mol. The second-order valence-corrected chi connectivity index (χ2v) is 8.57. The van der Waals surface area contributed by atoms with E-state index in [-0.39, 0.29) is 23.1 Å². The number of carbonyl (C=O) groups excluding carboxylic acids is 1. The number of urea groups is 1. The number of hydrogen-bond acceptors (Lipinski definition) is 4. The number of nitrogens with zero attached hydrogens (tertiary/aromatic N) is 1. The number of rotatable bonds is 6. The van der Waals surface area contributed by atoms with Crippen molar-refractivity contribution in [2.45, 2.75) is 51.3 Å². The first-order chi connectivity index (χ1) is 14.0. The molecule has 4 rings (SSSR count). The zero-order chi connectivity index (χ0) is 20.3. The van der Waals surface area contributed by atoms with Crippen LogP contribution in [0.4, 0.5) is 4.79 Å². The summed E-state index contributed by atoms with van der Waals surface area (Å²) >= 11 is 0. The number of nitrogens with one attached hydrogen (secondary N) is 2. The lowest BCUT2D eigenvalue weighted by Gasteiger charge is -2.23. The van der Waals surface area contributed by atoms with E-state index in [0.29, 0.717) is 12.4 Å². The molecule has 1 saturated heterocycles. The van der Waals surface area contributed by atoms with Crippen LogP contribution < -0.4 is 15.4 Å². The van der Waals surface area contributed by atoms with E-state index in [1.807, 2.05) is 30.3 Å². The van der Waals surface area contributed by atoms with Gasteiger partial charge in [-0.05, 0) is 29.0 Å². The van der Waals surface area contributed by atoms with Gasteiger partial charge in [-0.2, -0.15) is 0 Å². The Morgan fingerprint density at radius 1 is 1.21 bits per heavy atom. The summed E-state index contributed by atoms with van der Waals surface area (Å²) in [4.78, 5) is 16.9. The molecule has 1 saturated carbocycles. The number of aromatic nitrogens is 1. The number of benzene rings is 1. The van der Waals surface area contributed by atoms with Crippen LogP contribution in [-0.4, -0.2) is 30.3 Å². The fraction of sp³-hybridized carbons (Fsp3) is 0.478. The zero-order valence-electron chi connectivity index (χ0n) is 17.1. The molecule has 29 heavy (non-hydrogen) atoms. The van der Waals surface area contributed by atoms with Crippen LogP contribution in [0, 0.1) is 5.41 Å². The Kier molecular flexibility index (Phi) is 5.46. The highest BCUT2D eigenvalue weighted by atomic mass is 16.5. The molecule has 2 heterocycles. The molecule has 6 nitrogen and oxygen atoms in total. The molecular weight excluding hydrogens is 366 g/mol. The van der Waals surface area contributed by atoms with Crippen LogP contribution >= 0.6 is 0 Å². The molecule has 2 aliphatic rings. The zero-order valence-corrected chi connectivity index (χ0v) is 17.1. The summed E-state index contributed by atoms with van der Waals surface area (Å²) < 4.78 is 11.3. The van der Waals surface area contributed by atoms with Crippen LogP contribution in [0.1, 0.15) is 44.2 Å². The van der Waals surface area contributed by atoms with Gasteiger partial charge >= 0.3 is 6.03 Å². The molecule has 6 heteroatoms. The van der Waals surface area contributed by atoms with Gasteiger partial charge in [-0.3, -0.25) is 0 Å². The normalized spacial score (nSPS) is 23.2. The van der Waals surface area contributed by atoms with Crippen molar-refractivity contribution in [3.8, 4) is 5.88 Å². The molecule has 2 fully saturated rings. The van der Waals surface area contributed by atoms with Gasteiger partial charge < -0.3 is 20.1 Å². The molecule has 2 amide bonds. The first-order valence-corrected chi connectivity index (χ1v) is 10.3. The molecule has 0 spiro atoms. The molecule has 154 valence electrons. The first-order valence-electron chi connectivity index (χ1n) is 10.3. The van der Waals surface area contributed by atoms with Crippen molar-refractivity contribution in [3.05, 3.63) is 59.8 Å². The van der Waals surface area contributed by atoms with Gasteiger partial charge in [0.2, 0.25) is 5.88 Å². The van der Waals surface area contributed by atoms with E-state index in [1.54, 1.807) is 6.20 Å². The second-order valence-electron chi connectivity index (χ2n) is 8.57. The molecule has 0 radical (unpaired) electrons. The third-order valence-electron chi connectivity index (χ3n) is 6.04. The monoisotopic (exact) mass is 395 g/mol. The van der Waals surface area contributed by atoms with E-state index in [2.05, 4.69) is 41.6 Å². The SMILES string of the molecule is CC1(C)CC1(NC(=O)NCc1ccnc(OC2CCOCC2)c1)c1ccccc1. The van der Waals surface area contributed by atoms with Crippen molar-refractivity contribution in [1.29, 1.82) is 0 Å². The number of hydrogen-bond donors (Lipinski definition) is 2. The summed E-state index contributed by atoms with van der Waals surface area (Å²) in [6.07, 6.45) is 4.55. The van der Waals surface area contributed by atoms with Crippen molar-refractivity contribution >= 4 is 6.03 Å². The third kappa shape index (κ3) is 4.37. The van der Waals surface area contributed by atoms with Crippen LogP contribution in [0.3, 0.4) is 0 Å². The summed E-state index contributed by atoms with van der Waals surface area (Å²) in [5, 5.41) is 6.19. The van der Waals surface area contributed by atoms with Gasteiger partial charge in [-0.15, -0.1) is 0 Å². The smallest absolute Gasteiger partial charge is 0.315 e. The second kappa shape index (κ2) is 8.03. The minimum atomic E-state index is -0.312. The average Bonchev–Trinajstić information content (AvgIpc) is 3.29. The highest BCUT2D eigenvalue weighted by Crippen LogP contribution is 2.62. The highest BCUT2D eigenvalue weighted by Gasteiger charge is 2.63. The number of ether oxygens (including phenoxy) is 2. The van der Waals surface area contributed by atoms with Crippen molar-refractivity contribution < 1.29 is 14.3 Å². The Labute approximate surface area is 172 Å². The van der Waals surface area contributed by atoms with E-state index in [0.717, 1.165) is 43.6 Å². The van der Waals surface area contributed by atoms with E-state index in [1.165, 1.54) is 0 Å². The topological polar surface area (TPSA) is 72.5 Å². The van der Waals surface area contributed by atoms with Gasteiger partial charge in [0.05, 0.1) is 18.8 Å². The Bertz CT molecular complexity index is 849. The van der Waals surface area contributed by atoms with Crippen LogP contribution in [0.25, 0.3) is 0 Å². The summed E-state index contributed by atoms with van der Waals surface area (Å²) in [6, 6.07) is 13.8. The van der Waals surface area contributed by atoms with Gasteiger partial charge in [0.25, 0.3) is 0 Å². The maximum absolute atomic E-state index is 12.7. The minimum Gasteiger partial charge on any atom is -0.474 e. The standard InChI is InChI=1S/C23H29N3O3/c1-22(2)16-23(22,18-6-4-3-5-7-18)26-21(27)25-15-17-8-11-24-20(14-17)29-19-9-12-28-13-10-19/h3-8,11,14,19H,9-10,12-13,15-16H2,1-2H3,(H2,25,26,27). The van der Waals surface area contributed by atoms with Crippen LogP contribution in [0.15, 0.2) is 48.7 Å². The van der Waals surface area contributed by atoms with Gasteiger partial charge in [0.1, 0.15) is 6.10 Å². The Morgan fingerprint density at radius 2 is 1.93 bits per heavy atom. The first kappa shape index (κ1) is 19.7. The fourth-order valence-electron chi connectivity index (χ4n) is 4.13. The molecular formula is C23H29N3O3. The summed E-state index contributed by atoms with van der Waals surface area (Å²) in [5.74, 6) is 0.598. The molecule has 1 atom stereocenters. The van der Waals surface area contributed by atoms with Crippen molar-refractivity contribution in [3.63, 3.8) is 0 Å². The lowest BCUT2D eigenvalue weighted by molar-refractivity contribution is 0.0237. The largest absolute Gasteiger partial charge is 0.474 e. The van der Waals surface area contributed by atoms with E-state index >= 15 is 0 Å². The molecule has 1 aromatic heterocycles. The average molecular weight is 396 g/mol. The molecule has 1 aliphatic carbocycles. The summed E-state index contributed by atoms with van der Waals surface area (Å²) in [7, 11) is 0. The van der Waals surface area contributed by atoms with Gasteiger partial charge in [0.15, 0.2) is 0 Å². The molecule has 0 bridgehead atoms. The lowest BCUT2D eigenvalue weighted by atomic mass is 9.96. The number of carbonyl (C=O) groups is 1. The van der Waals surface area contributed by atoms with Gasteiger partial charge in [-0.25, -0.2) is 9.78 Å². The third-order valence-corrected chi connectivity index (χ3v) is 6.04. The fourth-order valence-corrected chi connectivity index (χ4v) is 4.13. The maximum atomic E-state index is 12.7. The Hall–Kier alpha value is -2.60. The molecule has 2 N–H and O–H groups in total. The molecule has 1 aliphatic heterocycles. The van der Waals surface area contributed by atoms with Gasteiger partial charge in [0, 0.05) is 31.6 Å². The number of amides is 2. The molecule has 1 aromatic carbocycles. The maximum Gasteiger partial charge on any atom is 0.315 e. The lowest BCUT2D eigenvalue weighted by Crippen LogP contribution is -2.44. The van der Waals surface area contributed by atoms with E-state index in [9.17, 15) is 4.79 Å². The quantitative estimate of drug-likeness (QED) is 0.781. The summed E-state index contributed by atoms with van der Waals surface area (Å²) in [6.45, 7) is 6.24. The van der Waals surface area contributed by atoms with Crippen molar-refractivity contribution in [1.82, 2.24) is 15.6 Å². The van der Waals surface area contributed by atoms with Crippen LogP contribution in [0.5, 0.6) is 5.88 Å². The van der Waals surface area contributed by atoms with Crippen molar-refractivity contribution in [2.75, 3.05) is 13.2 Å². The highest BCUT2D eigenvalue weighted by molar-refractivity contribution is 5.76. The molecule has 2 aromatic rings. The van der Waals surface area contributed by atoms with Gasteiger partial charge in [-0.1, -0.05) is 44.2 Å². The Morgan fingerprint density at radius 3 is 2.62 bits per heavy atom. The van der Waals surface area contributed by atoms with E-state index < -0.39 is 0 Å². The molecule has 1 unspecified atom stereocenters. The van der Waals surface area contributed by atoms with E-state index in [4.69, 9.17) is 9.47 Å². The predicted octanol–water partition coefficient (Wildman–Crippen LogP) is 3.76. The Balaban J connectivity index is 1.34. The number of pyridine rings is 1. The van der Waals surface area contributed by atoms with Crippen LogP contribution in [-0.2, 0) is 16.8 Å². The van der Waals surface area contributed by atoms with Crippen molar-refractivity contribution in [2.24, 2.45) is 5.41 Å². The summed E-state index contributed by atoms with van der Waals surface area (Å²) in [5.41, 5.74) is 1.83.